The number of carbonyl (C=O) groups excluding carboxylic acids is 1. The van der Waals surface area contributed by atoms with Crippen molar-refractivity contribution in [2.24, 2.45) is 0 Å². The van der Waals surface area contributed by atoms with E-state index in [4.69, 9.17) is 10.5 Å². The van der Waals surface area contributed by atoms with Crippen molar-refractivity contribution in [1.82, 2.24) is 9.97 Å². The number of para-hydroxylation sites is 1. The fourth-order valence-corrected chi connectivity index (χ4v) is 2.41. The van der Waals surface area contributed by atoms with Crippen LogP contribution in [0.2, 0.25) is 0 Å². The summed E-state index contributed by atoms with van der Waals surface area (Å²) in [6.45, 7) is 1.96. The SMILES string of the molecule is CCOC(=O)c1ccccc1Nc1ncnc(Nc2ccc(F)c(F)c2)c1N. The van der Waals surface area contributed by atoms with E-state index in [1.165, 1.54) is 12.4 Å². The average Bonchev–Trinajstić information content (AvgIpc) is 2.68. The topological polar surface area (TPSA) is 102 Å². The Kier molecular flexibility index (Phi) is 5.64. The summed E-state index contributed by atoms with van der Waals surface area (Å²) in [5, 5.41) is 5.79. The van der Waals surface area contributed by atoms with E-state index in [1.807, 2.05) is 0 Å². The van der Waals surface area contributed by atoms with Crippen LogP contribution >= 0.6 is 0 Å². The Bertz CT molecular complexity index is 1010. The largest absolute Gasteiger partial charge is 0.462 e. The summed E-state index contributed by atoms with van der Waals surface area (Å²) in [4.78, 5) is 20.2. The van der Waals surface area contributed by atoms with Crippen molar-refractivity contribution >= 4 is 34.7 Å². The lowest BCUT2D eigenvalue weighted by Gasteiger charge is -2.14. The molecule has 0 radical (unpaired) electrons. The summed E-state index contributed by atoms with van der Waals surface area (Å²) in [5.74, 6) is -2.02. The van der Waals surface area contributed by atoms with Gasteiger partial charge in [-0.25, -0.2) is 23.5 Å². The molecule has 2 aromatic carbocycles. The number of ether oxygens (including phenoxy) is 1. The van der Waals surface area contributed by atoms with Gasteiger partial charge in [-0.05, 0) is 31.2 Å². The number of halogens is 2. The van der Waals surface area contributed by atoms with Crippen LogP contribution in [0.3, 0.4) is 0 Å². The molecule has 0 aliphatic rings. The lowest BCUT2D eigenvalue weighted by Crippen LogP contribution is -2.10. The molecule has 0 aliphatic carbocycles. The highest BCUT2D eigenvalue weighted by atomic mass is 19.2. The quantitative estimate of drug-likeness (QED) is 0.551. The number of nitrogens with two attached hydrogens (primary N) is 1. The summed E-state index contributed by atoms with van der Waals surface area (Å²) in [7, 11) is 0. The Morgan fingerprint density at radius 2 is 1.79 bits per heavy atom. The second kappa shape index (κ2) is 8.30. The van der Waals surface area contributed by atoms with Crippen LogP contribution in [0.15, 0.2) is 48.8 Å². The second-order valence-electron chi connectivity index (χ2n) is 5.63. The van der Waals surface area contributed by atoms with Gasteiger partial charge in [-0.3, -0.25) is 0 Å². The molecule has 0 saturated carbocycles. The first-order valence-corrected chi connectivity index (χ1v) is 8.35. The molecular weight excluding hydrogens is 368 g/mol. The summed E-state index contributed by atoms with van der Waals surface area (Å²) in [5.41, 5.74) is 7.26. The van der Waals surface area contributed by atoms with E-state index in [0.717, 1.165) is 12.1 Å². The molecule has 3 aromatic rings. The first-order valence-electron chi connectivity index (χ1n) is 8.35. The smallest absolute Gasteiger partial charge is 0.340 e. The number of esters is 1. The van der Waals surface area contributed by atoms with Gasteiger partial charge in [-0.1, -0.05) is 12.1 Å². The third-order valence-corrected chi connectivity index (χ3v) is 3.74. The van der Waals surface area contributed by atoms with Crippen LogP contribution in [0, 0.1) is 11.6 Å². The molecule has 0 aliphatic heterocycles. The molecule has 1 heterocycles. The Balaban J connectivity index is 1.88. The molecule has 0 unspecified atom stereocenters. The fourth-order valence-electron chi connectivity index (χ4n) is 2.41. The zero-order valence-corrected chi connectivity index (χ0v) is 14.9. The van der Waals surface area contributed by atoms with Gasteiger partial charge in [0.1, 0.15) is 12.0 Å². The highest BCUT2D eigenvalue weighted by molar-refractivity contribution is 5.97. The van der Waals surface area contributed by atoms with Crippen LogP contribution in [0.25, 0.3) is 0 Å². The molecule has 0 atom stereocenters. The molecular formula is C19H17F2N5O2. The number of nitrogens with zero attached hydrogens (tertiary/aromatic N) is 2. The molecule has 9 heteroatoms. The van der Waals surface area contributed by atoms with Crippen molar-refractivity contribution in [3.63, 3.8) is 0 Å². The van der Waals surface area contributed by atoms with Crippen molar-refractivity contribution < 1.29 is 18.3 Å². The van der Waals surface area contributed by atoms with Gasteiger partial charge < -0.3 is 21.1 Å². The monoisotopic (exact) mass is 385 g/mol. The van der Waals surface area contributed by atoms with Crippen LogP contribution in [0.4, 0.5) is 37.5 Å². The van der Waals surface area contributed by atoms with Crippen molar-refractivity contribution in [1.29, 1.82) is 0 Å². The van der Waals surface area contributed by atoms with Gasteiger partial charge in [0.25, 0.3) is 0 Å². The van der Waals surface area contributed by atoms with Gasteiger partial charge in [0.2, 0.25) is 0 Å². The maximum absolute atomic E-state index is 13.4. The molecule has 0 bridgehead atoms. The molecule has 0 amide bonds. The summed E-state index contributed by atoms with van der Waals surface area (Å²) >= 11 is 0. The van der Waals surface area contributed by atoms with Gasteiger partial charge >= 0.3 is 5.97 Å². The Hall–Kier alpha value is -3.75. The Morgan fingerprint density at radius 3 is 2.50 bits per heavy atom. The van der Waals surface area contributed by atoms with E-state index >= 15 is 0 Å². The Morgan fingerprint density at radius 1 is 1.07 bits per heavy atom. The highest BCUT2D eigenvalue weighted by Crippen LogP contribution is 2.29. The Labute approximate surface area is 159 Å². The minimum Gasteiger partial charge on any atom is -0.462 e. The number of nitrogen functional groups attached to an aromatic ring is 1. The zero-order valence-electron chi connectivity index (χ0n) is 14.9. The number of nitrogens with one attached hydrogen (secondary N) is 2. The molecule has 0 saturated heterocycles. The van der Waals surface area contributed by atoms with Crippen LogP contribution in [0.5, 0.6) is 0 Å². The molecule has 4 N–H and O–H groups in total. The number of rotatable bonds is 6. The minimum absolute atomic E-state index is 0.130. The first-order chi connectivity index (χ1) is 13.5. The van der Waals surface area contributed by atoms with E-state index in [-0.39, 0.29) is 29.6 Å². The van der Waals surface area contributed by atoms with Crippen molar-refractivity contribution in [2.45, 2.75) is 6.92 Å². The zero-order chi connectivity index (χ0) is 20.1. The molecule has 1 aromatic heterocycles. The van der Waals surface area contributed by atoms with Gasteiger partial charge in [0, 0.05) is 11.8 Å². The number of hydrogen-bond donors (Lipinski definition) is 3. The predicted molar refractivity (Wildman–Crippen MR) is 102 cm³/mol. The third-order valence-electron chi connectivity index (χ3n) is 3.74. The van der Waals surface area contributed by atoms with Gasteiger partial charge in [-0.2, -0.15) is 0 Å². The van der Waals surface area contributed by atoms with E-state index in [2.05, 4.69) is 20.6 Å². The molecule has 0 fully saturated rings. The lowest BCUT2D eigenvalue weighted by molar-refractivity contribution is 0.0527. The minimum atomic E-state index is -1.00. The van der Waals surface area contributed by atoms with Crippen LogP contribution < -0.4 is 16.4 Å². The summed E-state index contributed by atoms with van der Waals surface area (Å²) < 4.78 is 31.5. The average molecular weight is 385 g/mol. The van der Waals surface area contributed by atoms with E-state index in [9.17, 15) is 13.6 Å². The number of benzene rings is 2. The second-order valence-corrected chi connectivity index (χ2v) is 5.63. The fraction of sp³-hybridized carbons (Fsp3) is 0.105. The lowest BCUT2D eigenvalue weighted by atomic mass is 10.2. The standard InChI is InChI=1S/C19H17F2N5O2/c1-2-28-19(27)12-5-3-4-6-15(12)26-18-16(22)17(23-10-24-18)25-11-7-8-13(20)14(21)9-11/h3-10H,2,22H2,1H3,(H2,23,24,25,26). The van der Waals surface area contributed by atoms with Crippen LogP contribution in [0.1, 0.15) is 17.3 Å². The van der Waals surface area contributed by atoms with Crippen LogP contribution in [-0.4, -0.2) is 22.5 Å². The third kappa shape index (κ3) is 4.14. The van der Waals surface area contributed by atoms with E-state index in [0.29, 0.717) is 11.3 Å². The highest BCUT2D eigenvalue weighted by Gasteiger charge is 2.15. The first kappa shape index (κ1) is 19.0. The molecule has 28 heavy (non-hydrogen) atoms. The van der Waals surface area contributed by atoms with Crippen LogP contribution in [-0.2, 0) is 4.74 Å². The van der Waals surface area contributed by atoms with Gasteiger partial charge in [-0.15, -0.1) is 0 Å². The summed E-state index contributed by atoms with van der Waals surface area (Å²) in [6, 6.07) is 10.1. The molecule has 7 nitrogen and oxygen atoms in total. The number of anilines is 5. The van der Waals surface area contributed by atoms with Gasteiger partial charge in [0.05, 0.1) is 17.9 Å². The van der Waals surface area contributed by atoms with Crippen molar-refractivity contribution in [3.8, 4) is 0 Å². The number of carbonyl (C=O) groups is 1. The molecule has 144 valence electrons. The molecule has 0 spiro atoms. The number of hydrogen-bond acceptors (Lipinski definition) is 7. The van der Waals surface area contributed by atoms with Gasteiger partial charge in [0.15, 0.2) is 23.3 Å². The summed E-state index contributed by atoms with van der Waals surface area (Å²) in [6.07, 6.45) is 1.24. The maximum Gasteiger partial charge on any atom is 0.340 e. The maximum atomic E-state index is 13.4. The normalized spacial score (nSPS) is 10.4. The van der Waals surface area contributed by atoms with Crippen molar-refractivity contribution in [3.05, 3.63) is 66.0 Å². The predicted octanol–water partition coefficient (Wildman–Crippen LogP) is 4.00. The van der Waals surface area contributed by atoms with E-state index in [1.54, 1.807) is 31.2 Å². The van der Waals surface area contributed by atoms with Crippen molar-refractivity contribution in [2.75, 3.05) is 23.0 Å². The number of aromatic nitrogens is 2. The van der Waals surface area contributed by atoms with E-state index < -0.39 is 17.6 Å². The molecule has 3 rings (SSSR count).